The Hall–Kier alpha value is -1.73. The van der Waals surface area contributed by atoms with Gasteiger partial charge in [-0.15, -0.1) is 5.10 Å². The molecule has 6 nitrogen and oxygen atoms in total. The van der Waals surface area contributed by atoms with E-state index >= 15 is 0 Å². The fourth-order valence-corrected chi connectivity index (χ4v) is 2.87. The first-order chi connectivity index (χ1) is 10.1. The number of aryl methyl sites for hydroxylation is 2. The summed E-state index contributed by atoms with van der Waals surface area (Å²) in [4.78, 5) is 12.9. The highest BCUT2D eigenvalue weighted by atomic mass is 32.1. The topological polar surface area (TPSA) is 73.1 Å². The van der Waals surface area contributed by atoms with E-state index in [0.717, 1.165) is 30.7 Å². The van der Waals surface area contributed by atoms with Crippen molar-refractivity contribution in [3.63, 3.8) is 0 Å². The molecule has 1 N–H and O–H groups in total. The van der Waals surface area contributed by atoms with Crippen molar-refractivity contribution in [2.24, 2.45) is 0 Å². The van der Waals surface area contributed by atoms with Gasteiger partial charge in [-0.1, -0.05) is 0 Å². The summed E-state index contributed by atoms with van der Waals surface area (Å²) in [7, 11) is 0. The molecule has 1 aliphatic heterocycles. The second-order valence-corrected chi connectivity index (χ2v) is 5.68. The summed E-state index contributed by atoms with van der Waals surface area (Å²) in [5, 5.41) is 6.52. The van der Waals surface area contributed by atoms with Crippen LogP contribution in [0.1, 0.15) is 24.1 Å². The van der Waals surface area contributed by atoms with Crippen molar-refractivity contribution in [1.29, 1.82) is 0 Å². The number of hydrogen-bond donors (Lipinski definition) is 1. The highest BCUT2D eigenvalue weighted by Gasteiger charge is 2.21. The molecule has 0 aliphatic carbocycles. The maximum atomic E-state index is 12.8. The van der Waals surface area contributed by atoms with Gasteiger partial charge in [0.25, 0.3) is 16.3 Å². The van der Waals surface area contributed by atoms with E-state index in [-0.39, 0.29) is 22.4 Å². The molecule has 7 heteroatoms. The Kier molecular flexibility index (Phi) is 3.77. The average Bonchev–Trinajstić information content (AvgIpc) is 3.06. The Balaban J connectivity index is 2.08. The molecule has 3 heterocycles. The van der Waals surface area contributed by atoms with Crippen LogP contribution >= 0.6 is 12.2 Å². The first-order valence-corrected chi connectivity index (χ1v) is 7.35. The Bertz CT molecular complexity index is 769. The van der Waals surface area contributed by atoms with Gasteiger partial charge < -0.3 is 13.7 Å². The average molecular weight is 307 g/mol. The van der Waals surface area contributed by atoms with E-state index in [2.05, 4.69) is 10.2 Å². The van der Waals surface area contributed by atoms with Crippen LogP contribution in [-0.2, 0) is 11.3 Å². The largest absolute Gasteiger partial charge is 0.409 e. The highest BCUT2D eigenvalue weighted by Crippen LogP contribution is 2.20. The maximum absolute atomic E-state index is 12.8. The molecule has 1 atom stereocenters. The number of pyridine rings is 1. The van der Waals surface area contributed by atoms with Crippen LogP contribution in [0.3, 0.4) is 0 Å². The van der Waals surface area contributed by atoms with E-state index in [0.29, 0.717) is 12.1 Å². The lowest BCUT2D eigenvalue weighted by Crippen LogP contribution is -2.29. The molecule has 1 fully saturated rings. The second-order valence-electron chi connectivity index (χ2n) is 5.31. The van der Waals surface area contributed by atoms with Crippen molar-refractivity contribution < 1.29 is 9.15 Å². The zero-order valence-electron chi connectivity index (χ0n) is 12.0. The third-order valence-corrected chi connectivity index (χ3v) is 3.94. The van der Waals surface area contributed by atoms with Crippen molar-refractivity contribution in [3.05, 3.63) is 32.5 Å². The van der Waals surface area contributed by atoms with E-state index in [4.69, 9.17) is 21.4 Å². The van der Waals surface area contributed by atoms with Crippen LogP contribution in [0.15, 0.2) is 15.3 Å². The molecule has 2 aromatic rings. The fourth-order valence-electron chi connectivity index (χ4n) is 2.74. The van der Waals surface area contributed by atoms with Crippen LogP contribution in [0.2, 0.25) is 0 Å². The van der Waals surface area contributed by atoms with Crippen LogP contribution < -0.4 is 5.56 Å². The molecule has 1 saturated heterocycles. The van der Waals surface area contributed by atoms with Gasteiger partial charge >= 0.3 is 0 Å². The zero-order valence-corrected chi connectivity index (χ0v) is 12.8. The van der Waals surface area contributed by atoms with Gasteiger partial charge in [-0.25, -0.2) is 5.10 Å². The minimum Gasteiger partial charge on any atom is -0.409 e. The number of aromatic nitrogens is 3. The minimum atomic E-state index is -0.117. The van der Waals surface area contributed by atoms with Gasteiger partial charge in [0.1, 0.15) is 5.56 Å². The quantitative estimate of drug-likeness (QED) is 0.881. The molecule has 21 heavy (non-hydrogen) atoms. The summed E-state index contributed by atoms with van der Waals surface area (Å²) >= 11 is 4.88. The SMILES string of the molecule is Cc1cc(C)n(CC2CCCO2)c(=O)c1-c1n[nH]c(=S)o1. The summed E-state index contributed by atoms with van der Waals surface area (Å²) in [6.45, 7) is 5.12. The number of aromatic amines is 1. The van der Waals surface area contributed by atoms with Gasteiger partial charge in [0.05, 0.1) is 12.6 Å². The van der Waals surface area contributed by atoms with E-state index in [9.17, 15) is 4.79 Å². The van der Waals surface area contributed by atoms with Crippen molar-refractivity contribution in [2.45, 2.75) is 39.3 Å². The summed E-state index contributed by atoms with van der Waals surface area (Å²) in [6, 6.07) is 1.96. The number of nitrogens with zero attached hydrogens (tertiary/aromatic N) is 2. The monoisotopic (exact) mass is 307 g/mol. The molecule has 0 saturated carbocycles. The molecule has 3 rings (SSSR count). The number of nitrogens with one attached hydrogen (secondary N) is 1. The lowest BCUT2D eigenvalue weighted by Gasteiger charge is -2.16. The molecule has 0 radical (unpaired) electrons. The number of rotatable bonds is 3. The standard InChI is InChI=1S/C14H17N3O3S/c1-8-6-9(2)17(7-10-4-3-5-19-10)13(18)11(8)12-15-16-14(21)20-12/h6,10H,3-5,7H2,1-2H3,(H,16,21). The van der Waals surface area contributed by atoms with Crippen molar-refractivity contribution in [3.8, 4) is 11.5 Å². The second kappa shape index (κ2) is 5.57. The van der Waals surface area contributed by atoms with Gasteiger partial charge in [-0.2, -0.15) is 0 Å². The van der Waals surface area contributed by atoms with E-state index in [1.165, 1.54) is 0 Å². The van der Waals surface area contributed by atoms with Gasteiger partial charge in [0.2, 0.25) is 0 Å². The third kappa shape index (κ3) is 2.71. The van der Waals surface area contributed by atoms with E-state index in [1.807, 2.05) is 19.9 Å². The molecule has 0 amide bonds. The van der Waals surface area contributed by atoms with Crippen molar-refractivity contribution in [1.82, 2.24) is 14.8 Å². The first-order valence-electron chi connectivity index (χ1n) is 6.95. The fraction of sp³-hybridized carbons (Fsp3) is 0.500. The molecular weight excluding hydrogens is 290 g/mol. The number of ether oxygens (including phenoxy) is 1. The van der Waals surface area contributed by atoms with Crippen molar-refractivity contribution in [2.75, 3.05) is 6.61 Å². The predicted molar refractivity (Wildman–Crippen MR) is 79.8 cm³/mol. The number of hydrogen-bond acceptors (Lipinski definition) is 5. The van der Waals surface area contributed by atoms with Gasteiger partial charge in [0, 0.05) is 12.3 Å². The van der Waals surface area contributed by atoms with Gasteiger partial charge in [0.15, 0.2) is 0 Å². The highest BCUT2D eigenvalue weighted by molar-refractivity contribution is 7.71. The van der Waals surface area contributed by atoms with Crippen LogP contribution in [0, 0.1) is 18.7 Å². The Labute approximate surface area is 126 Å². The minimum absolute atomic E-state index is 0.0996. The predicted octanol–water partition coefficient (Wildman–Crippen LogP) is 2.36. The summed E-state index contributed by atoms with van der Waals surface area (Å²) in [5.41, 5.74) is 2.07. The molecule has 112 valence electrons. The number of H-pyrrole nitrogens is 1. The Morgan fingerprint density at radius 3 is 2.95 bits per heavy atom. The molecule has 1 aliphatic rings. The van der Waals surface area contributed by atoms with Gasteiger partial charge in [-0.3, -0.25) is 4.79 Å². The molecule has 0 bridgehead atoms. The third-order valence-electron chi connectivity index (χ3n) is 3.77. The van der Waals surface area contributed by atoms with Crippen LogP contribution in [0.4, 0.5) is 0 Å². The zero-order chi connectivity index (χ0) is 15.0. The maximum Gasteiger partial charge on any atom is 0.284 e. The van der Waals surface area contributed by atoms with Crippen LogP contribution in [0.25, 0.3) is 11.5 Å². The van der Waals surface area contributed by atoms with Gasteiger partial charge in [-0.05, 0) is 50.5 Å². The smallest absolute Gasteiger partial charge is 0.284 e. The normalized spacial score (nSPS) is 18.3. The lowest BCUT2D eigenvalue weighted by atomic mass is 10.1. The van der Waals surface area contributed by atoms with Crippen LogP contribution in [-0.4, -0.2) is 27.5 Å². The Morgan fingerprint density at radius 2 is 2.33 bits per heavy atom. The molecular formula is C14H17N3O3S. The molecule has 2 aromatic heterocycles. The first kappa shape index (κ1) is 14.2. The summed E-state index contributed by atoms with van der Waals surface area (Å²) < 4.78 is 12.7. The van der Waals surface area contributed by atoms with E-state index < -0.39 is 0 Å². The Morgan fingerprint density at radius 1 is 1.52 bits per heavy atom. The lowest BCUT2D eigenvalue weighted by molar-refractivity contribution is 0.0957. The van der Waals surface area contributed by atoms with E-state index in [1.54, 1.807) is 4.57 Å². The van der Waals surface area contributed by atoms with Crippen molar-refractivity contribution >= 4 is 12.2 Å². The molecule has 0 aromatic carbocycles. The summed E-state index contributed by atoms with van der Waals surface area (Å²) in [6.07, 6.45) is 2.13. The molecule has 0 spiro atoms. The molecule has 1 unspecified atom stereocenters. The summed E-state index contributed by atoms with van der Waals surface area (Å²) in [5.74, 6) is 0.239. The van der Waals surface area contributed by atoms with Crippen LogP contribution in [0.5, 0.6) is 0 Å².